The fourth-order valence-corrected chi connectivity index (χ4v) is 6.21. The summed E-state index contributed by atoms with van der Waals surface area (Å²) in [5.41, 5.74) is 2.76. The summed E-state index contributed by atoms with van der Waals surface area (Å²) in [5, 5.41) is 7.70. The van der Waals surface area contributed by atoms with Gasteiger partial charge in [-0.3, -0.25) is 19.6 Å². The molecule has 0 saturated carbocycles. The molecule has 2 aromatic heterocycles. The molecule has 10 heteroatoms. The molecule has 2 atom stereocenters. The van der Waals surface area contributed by atoms with Crippen molar-refractivity contribution in [1.82, 2.24) is 30.4 Å². The molecule has 0 aliphatic carbocycles. The van der Waals surface area contributed by atoms with Crippen LogP contribution in [0.15, 0.2) is 70.7 Å². The van der Waals surface area contributed by atoms with E-state index in [1.54, 1.807) is 34.0 Å². The van der Waals surface area contributed by atoms with Crippen LogP contribution in [0, 0.1) is 0 Å². The largest absolute Gasteiger partial charge is 0.350 e. The van der Waals surface area contributed by atoms with Crippen molar-refractivity contribution < 1.29 is 9.59 Å². The summed E-state index contributed by atoms with van der Waals surface area (Å²) in [7, 11) is 11.1. The highest BCUT2D eigenvalue weighted by molar-refractivity contribution is 8.76. The molecule has 0 aliphatic rings. The number of carbonyl (C=O) groups is 2. The van der Waals surface area contributed by atoms with Gasteiger partial charge in [-0.2, -0.15) is 0 Å². The van der Waals surface area contributed by atoms with Gasteiger partial charge in [-0.15, -0.1) is 0 Å². The second-order valence-corrected chi connectivity index (χ2v) is 12.4. The highest BCUT2D eigenvalue weighted by atomic mass is 33.1. The monoisotopic (exact) mass is 576 g/mol. The Bertz CT molecular complexity index is 1400. The molecule has 2 amide bonds. The van der Waals surface area contributed by atoms with Crippen molar-refractivity contribution in [1.29, 1.82) is 0 Å². The van der Waals surface area contributed by atoms with Gasteiger partial charge < -0.3 is 20.4 Å². The summed E-state index contributed by atoms with van der Waals surface area (Å²) in [6.45, 7) is 5.26. The van der Waals surface area contributed by atoms with Gasteiger partial charge in [0.15, 0.2) is 0 Å². The molecule has 0 spiro atoms. The highest BCUT2D eigenvalue weighted by Crippen LogP contribution is 2.43. The first-order valence-electron chi connectivity index (χ1n) is 13.2. The lowest BCUT2D eigenvalue weighted by molar-refractivity contribution is 0.0937. The molecule has 2 aromatic carbocycles. The number of benzene rings is 2. The number of nitrogens with zero attached hydrogens (tertiary/aromatic N) is 4. The number of fused-ring (bicyclic) bond motifs is 2. The Hall–Kier alpha value is -3.18. The van der Waals surface area contributed by atoms with Crippen molar-refractivity contribution >= 4 is 55.2 Å². The molecule has 210 valence electrons. The van der Waals surface area contributed by atoms with Gasteiger partial charge in [-0.25, -0.2) is 0 Å². The predicted octanol–water partition coefficient (Wildman–Crippen LogP) is 4.94. The van der Waals surface area contributed by atoms with Gasteiger partial charge in [-0.05, 0) is 78.4 Å². The second-order valence-electron chi connectivity index (χ2n) is 10.2. The number of amides is 2. The number of rotatable bonds is 11. The van der Waals surface area contributed by atoms with Crippen LogP contribution in [0.2, 0.25) is 0 Å². The van der Waals surface area contributed by atoms with Crippen molar-refractivity contribution in [3.05, 3.63) is 72.1 Å². The SMILES string of the molecule is CC(CNC(=O)c1ccc(SSc2ccc(C(=O)NCC(C)N(C)C)c3cccnc23)c2ncccc12)N(C)C. The minimum Gasteiger partial charge on any atom is -0.350 e. The Kier molecular flexibility index (Phi) is 10.0. The van der Waals surface area contributed by atoms with Crippen LogP contribution in [0.5, 0.6) is 0 Å². The zero-order valence-electron chi connectivity index (χ0n) is 23.8. The molecule has 2 unspecified atom stereocenters. The molecule has 2 N–H and O–H groups in total. The van der Waals surface area contributed by atoms with E-state index in [0.29, 0.717) is 24.2 Å². The van der Waals surface area contributed by atoms with E-state index < -0.39 is 0 Å². The Balaban J connectivity index is 1.55. The van der Waals surface area contributed by atoms with Crippen LogP contribution in [0.1, 0.15) is 34.6 Å². The molecule has 0 bridgehead atoms. The Labute approximate surface area is 243 Å². The third kappa shape index (κ3) is 6.93. The van der Waals surface area contributed by atoms with Crippen molar-refractivity contribution in [2.75, 3.05) is 41.3 Å². The molecule has 2 heterocycles. The molecular weight excluding hydrogens is 541 g/mol. The van der Waals surface area contributed by atoms with Gasteiger partial charge in [0.25, 0.3) is 11.8 Å². The van der Waals surface area contributed by atoms with Crippen molar-refractivity contribution in [3.8, 4) is 0 Å². The third-order valence-electron chi connectivity index (χ3n) is 7.05. The predicted molar refractivity (Wildman–Crippen MR) is 166 cm³/mol. The standard InChI is InChI=1S/C30H36N6O2S2/c1-19(35(3)4)17-33-29(37)23-11-13-25(27-21(23)9-7-15-31-27)39-40-26-14-12-24(22-10-8-16-32-28(22)26)30(38)34-18-20(2)36(5)6/h7-16,19-20H,17-18H2,1-6H3,(H,33,37)(H,34,38). The normalized spacial score (nSPS) is 13.1. The zero-order chi connectivity index (χ0) is 28.8. The summed E-state index contributed by atoms with van der Waals surface area (Å²) in [6, 6.07) is 15.6. The van der Waals surface area contributed by atoms with Crippen LogP contribution < -0.4 is 10.6 Å². The van der Waals surface area contributed by atoms with Gasteiger partial charge in [0.1, 0.15) is 0 Å². The van der Waals surface area contributed by atoms with E-state index in [1.165, 1.54) is 0 Å². The number of carbonyl (C=O) groups excluding carboxylic acids is 2. The van der Waals surface area contributed by atoms with Crippen LogP contribution in [-0.4, -0.2) is 84.9 Å². The first-order valence-corrected chi connectivity index (χ1v) is 15.3. The van der Waals surface area contributed by atoms with E-state index in [0.717, 1.165) is 31.6 Å². The van der Waals surface area contributed by atoms with E-state index in [2.05, 4.69) is 44.2 Å². The van der Waals surface area contributed by atoms with Crippen LogP contribution in [0.3, 0.4) is 0 Å². The van der Waals surface area contributed by atoms with E-state index >= 15 is 0 Å². The Morgan fingerprint density at radius 1 is 0.700 bits per heavy atom. The van der Waals surface area contributed by atoms with E-state index in [4.69, 9.17) is 0 Å². The smallest absolute Gasteiger partial charge is 0.252 e. The van der Waals surface area contributed by atoms with Crippen molar-refractivity contribution in [2.45, 2.75) is 35.7 Å². The van der Waals surface area contributed by atoms with Gasteiger partial charge in [0.2, 0.25) is 0 Å². The zero-order valence-corrected chi connectivity index (χ0v) is 25.4. The number of pyridine rings is 2. The third-order valence-corrected chi connectivity index (χ3v) is 9.48. The fraction of sp³-hybridized carbons (Fsp3) is 0.333. The number of hydrogen-bond acceptors (Lipinski definition) is 8. The Morgan fingerprint density at radius 2 is 1.10 bits per heavy atom. The second kappa shape index (κ2) is 13.5. The maximum absolute atomic E-state index is 13.0. The first kappa shape index (κ1) is 29.8. The van der Waals surface area contributed by atoms with Gasteiger partial charge in [-0.1, -0.05) is 33.7 Å². The highest BCUT2D eigenvalue weighted by Gasteiger charge is 2.18. The summed E-state index contributed by atoms with van der Waals surface area (Å²) >= 11 is 0. The van der Waals surface area contributed by atoms with E-state index in [1.807, 2.05) is 76.7 Å². The fourth-order valence-electron chi connectivity index (χ4n) is 3.95. The molecule has 8 nitrogen and oxygen atoms in total. The minimum absolute atomic E-state index is 0.111. The van der Waals surface area contributed by atoms with Crippen LogP contribution >= 0.6 is 21.6 Å². The lowest BCUT2D eigenvalue weighted by atomic mass is 10.1. The quantitative estimate of drug-likeness (QED) is 0.243. The summed E-state index contributed by atoms with van der Waals surface area (Å²) in [6.07, 6.45) is 3.49. The number of likely N-dealkylation sites (N-methyl/N-ethyl adjacent to an activating group) is 2. The van der Waals surface area contributed by atoms with Crippen LogP contribution in [0.25, 0.3) is 21.8 Å². The molecule has 0 saturated heterocycles. The van der Waals surface area contributed by atoms with Crippen LogP contribution in [-0.2, 0) is 0 Å². The Morgan fingerprint density at radius 3 is 1.48 bits per heavy atom. The molecule has 40 heavy (non-hydrogen) atoms. The molecule has 4 aromatic rings. The van der Waals surface area contributed by atoms with Crippen LogP contribution in [0.4, 0.5) is 0 Å². The van der Waals surface area contributed by atoms with Gasteiger partial charge in [0.05, 0.1) is 11.0 Å². The summed E-state index contributed by atoms with van der Waals surface area (Å²) in [4.78, 5) is 41.3. The number of nitrogens with one attached hydrogen (secondary N) is 2. The molecular formula is C30H36N6O2S2. The lowest BCUT2D eigenvalue weighted by Crippen LogP contribution is -2.38. The number of hydrogen-bond donors (Lipinski definition) is 2. The minimum atomic E-state index is -0.111. The van der Waals surface area contributed by atoms with E-state index in [9.17, 15) is 9.59 Å². The average molecular weight is 577 g/mol. The maximum atomic E-state index is 13.0. The molecule has 0 aliphatic heterocycles. The molecule has 4 rings (SSSR count). The summed E-state index contributed by atoms with van der Waals surface area (Å²) in [5.74, 6) is -0.222. The average Bonchev–Trinajstić information content (AvgIpc) is 2.96. The van der Waals surface area contributed by atoms with Crippen molar-refractivity contribution in [3.63, 3.8) is 0 Å². The van der Waals surface area contributed by atoms with E-state index in [-0.39, 0.29) is 23.9 Å². The maximum Gasteiger partial charge on any atom is 0.252 e. The lowest BCUT2D eigenvalue weighted by Gasteiger charge is -2.20. The first-order chi connectivity index (χ1) is 19.2. The topological polar surface area (TPSA) is 90.5 Å². The van der Waals surface area contributed by atoms with Gasteiger partial charge >= 0.3 is 0 Å². The van der Waals surface area contributed by atoms with Gasteiger partial charge in [0, 0.05) is 69.3 Å². The van der Waals surface area contributed by atoms with Crippen molar-refractivity contribution in [2.24, 2.45) is 0 Å². The summed E-state index contributed by atoms with van der Waals surface area (Å²) < 4.78 is 0. The molecule has 0 radical (unpaired) electrons. The molecule has 0 fully saturated rings. The number of aromatic nitrogens is 2.